The second-order valence-corrected chi connectivity index (χ2v) is 23.8. The highest BCUT2D eigenvalue weighted by atomic mass is 15.0. The predicted octanol–water partition coefficient (Wildman–Crippen LogP) is 19.3. The Morgan fingerprint density at radius 2 is 0.704 bits per heavy atom. The van der Waals surface area contributed by atoms with Crippen molar-refractivity contribution in [1.29, 1.82) is 0 Å². The molecule has 4 saturated carbocycles. The summed E-state index contributed by atoms with van der Waals surface area (Å²) in [6.07, 6.45) is 6.67. The second kappa shape index (κ2) is 18.1. The highest BCUT2D eigenvalue weighted by Crippen LogP contribution is 2.70. The number of fused-ring (bicyclic) bond motifs is 9. The minimum Gasteiger partial charge on any atom is -0.208 e. The van der Waals surface area contributed by atoms with Gasteiger partial charge in [0.25, 0.3) is 0 Å². The van der Waals surface area contributed by atoms with Gasteiger partial charge in [-0.15, -0.1) is 0 Å². The first kappa shape index (κ1) is 46.6. The fraction of sp³-hybridized carbons (Fsp3) is 0.141. The molecule has 0 N–H and O–H groups in total. The Morgan fingerprint density at radius 3 is 1.35 bits per heavy atom. The van der Waals surface area contributed by atoms with Gasteiger partial charge in [0.05, 0.1) is 5.41 Å². The topological polar surface area (TPSA) is 38.7 Å². The SMILES string of the molecule is c1ccc(-c2nc(-c3cccc(-c4ccc5c6ccccc6c6ccccc6c5c4)c3)nc(-c3ccc(-c4ccc5c(c4)C4(c6ccccc6C5(c5ccccc5)c5ccccc5)C5CC6CC(C5)CC4C6)c4ccccc34)n2)cc1. The summed E-state index contributed by atoms with van der Waals surface area (Å²) in [6, 6.07) is 97.3. The molecule has 0 atom stereocenters. The molecule has 13 aromatic rings. The third-order valence-corrected chi connectivity index (χ3v) is 19.8. The first-order valence-corrected chi connectivity index (χ1v) is 29.3. The molecule has 0 radical (unpaired) electrons. The van der Waals surface area contributed by atoms with Gasteiger partial charge in [-0.3, -0.25) is 0 Å². The van der Waals surface area contributed by atoms with E-state index in [-0.39, 0.29) is 5.41 Å². The zero-order chi connectivity index (χ0) is 53.2. The number of aromatic nitrogens is 3. The van der Waals surface area contributed by atoms with E-state index in [1.165, 1.54) is 109 Å². The summed E-state index contributed by atoms with van der Waals surface area (Å²) in [6.45, 7) is 0. The lowest BCUT2D eigenvalue weighted by Gasteiger charge is -2.65. The van der Waals surface area contributed by atoms with Gasteiger partial charge in [-0.25, -0.2) is 15.0 Å². The van der Waals surface area contributed by atoms with Gasteiger partial charge in [-0.2, -0.15) is 0 Å². The molecule has 1 spiro atoms. The Balaban J connectivity index is 0.836. The van der Waals surface area contributed by atoms with Crippen LogP contribution >= 0.6 is 0 Å². The smallest absolute Gasteiger partial charge is 0.164 e. The molecule has 0 amide bonds. The van der Waals surface area contributed by atoms with E-state index in [2.05, 4.69) is 255 Å². The Hall–Kier alpha value is -9.31. The van der Waals surface area contributed by atoms with Gasteiger partial charge in [0, 0.05) is 22.1 Å². The number of hydrogen-bond donors (Lipinski definition) is 0. The summed E-state index contributed by atoms with van der Waals surface area (Å²) in [7, 11) is 0. The van der Waals surface area contributed by atoms with Crippen LogP contribution in [0.2, 0.25) is 0 Å². The summed E-state index contributed by atoms with van der Waals surface area (Å²) in [5, 5.41) is 9.89. The quantitative estimate of drug-likeness (QED) is 0.149. The molecule has 4 bridgehead atoms. The highest BCUT2D eigenvalue weighted by Gasteiger charge is 2.63. The van der Waals surface area contributed by atoms with Crippen molar-refractivity contribution in [3.05, 3.63) is 294 Å². The summed E-state index contributed by atoms with van der Waals surface area (Å²) in [4.78, 5) is 16.1. The molecular formula is C78H57N3. The molecule has 12 aromatic carbocycles. The van der Waals surface area contributed by atoms with E-state index in [4.69, 9.17) is 15.0 Å². The normalized spacial score (nSPS) is 20.2. The van der Waals surface area contributed by atoms with Crippen LogP contribution in [0.15, 0.2) is 261 Å². The van der Waals surface area contributed by atoms with Crippen LogP contribution in [0.3, 0.4) is 0 Å². The Bertz CT molecular complexity index is 4560. The van der Waals surface area contributed by atoms with Crippen molar-refractivity contribution in [2.24, 2.45) is 23.7 Å². The fourth-order valence-electron chi connectivity index (χ4n) is 16.8. The van der Waals surface area contributed by atoms with Crippen molar-refractivity contribution >= 4 is 43.1 Å². The van der Waals surface area contributed by atoms with Crippen LogP contribution in [-0.4, -0.2) is 15.0 Å². The zero-order valence-electron chi connectivity index (χ0n) is 45.0. The summed E-state index contributed by atoms with van der Waals surface area (Å²) in [5.41, 5.74) is 15.7. The van der Waals surface area contributed by atoms with Crippen molar-refractivity contribution in [1.82, 2.24) is 15.0 Å². The van der Waals surface area contributed by atoms with Crippen LogP contribution in [0.1, 0.15) is 65.5 Å². The Morgan fingerprint density at radius 1 is 0.259 bits per heavy atom. The number of rotatable bonds is 7. The first-order valence-electron chi connectivity index (χ1n) is 29.3. The van der Waals surface area contributed by atoms with E-state index in [1.54, 1.807) is 5.56 Å². The Kier molecular flexibility index (Phi) is 10.4. The minimum atomic E-state index is -0.495. The molecule has 18 rings (SSSR count). The van der Waals surface area contributed by atoms with E-state index in [1.807, 2.05) is 6.07 Å². The standard InChI is InChI=1S/C78H57N3/c1-4-19-51(20-5-1)74-79-75(55-22-18-21-52(46-55)53-35-37-67-64-30-12-11-28-62(64)63-29-13-15-32-66(63)69(67)47-53)81-76(80-74)68-39-38-60(61-27-10-14-31-65(61)68)54-36-40-72-73(48-54)78(58-42-49-41-50(44-58)45-59(78)43-49)71-34-17-16-33-70(71)77(72,56-23-6-2-7-24-56)57-25-8-3-9-26-57/h1-40,46-50,58-59H,41-45H2. The van der Waals surface area contributed by atoms with Crippen LogP contribution < -0.4 is 0 Å². The van der Waals surface area contributed by atoms with Gasteiger partial charge in [0.2, 0.25) is 0 Å². The van der Waals surface area contributed by atoms with Crippen LogP contribution in [-0.2, 0) is 10.8 Å². The number of benzene rings is 12. The molecule has 5 aliphatic carbocycles. The zero-order valence-corrected chi connectivity index (χ0v) is 45.0. The average molecular weight is 1040 g/mol. The molecule has 0 aliphatic heterocycles. The first-order chi connectivity index (χ1) is 40.1. The molecule has 4 fully saturated rings. The molecular weight excluding hydrogens is 979 g/mol. The summed E-state index contributed by atoms with van der Waals surface area (Å²) < 4.78 is 0. The molecule has 384 valence electrons. The molecule has 0 saturated heterocycles. The average Bonchev–Trinajstić information content (AvgIpc) is 3.56. The minimum absolute atomic E-state index is 0.0812. The molecule has 3 nitrogen and oxygen atoms in total. The molecule has 81 heavy (non-hydrogen) atoms. The van der Waals surface area contributed by atoms with Crippen molar-refractivity contribution < 1.29 is 0 Å². The van der Waals surface area contributed by atoms with E-state index in [0.29, 0.717) is 29.3 Å². The molecule has 0 unspecified atom stereocenters. The summed E-state index contributed by atoms with van der Waals surface area (Å²) >= 11 is 0. The third-order valence-electron chi connectivity index (χ3n) is 19.8. The van der Waals surface area contributed by atoms with Gasteiger partial charge >= 0.3 is 0 Å². The van der Waals surface area contributed by atoms with E-state index < -0.39 is 5.41 Å². The Labute approximate surface area is 472 Å². The van der Waals surface area contributed by atoms with Gasteiger partial charge in [-0.1, -0.05) is 237 Å². The number of nitrogens with zero attached hydrogens (tertiary/aromatic N) is 3. The molecule has 5 aliphatic rings. The van der Waals surface area contributed by atoms with Crippen molar-refractivity contribution in [3.63, 3.8) is 0 Å². The van der Waals surface area contributed by atoms with Crippen LogP contribution in [0.4, 0.5) is 0 Å². The molecule has 3 heteroatoms. The van der Waals surface area contributed by atoms with Crippen molar-refractivity contribution in [3.8, 4) is 56.4 Å². The van der Waals surface area contributed by atoms with Gasteiger partial charge in [0.15, 0.2) is 17.5 Å². The number of hydrogen-bond acceptors (Lipinski definition) is 3. The van der Waals surface area contributed by atoms with Crippen molar-refractivity contribution in [2.75, 3.05) is 0 Å². The van der Waals surface area contributed by atoms with Gasteiger partial charge < -0.3 is 0 Å². The van der Waals surface area contributed by atoms with Crippen LogP contribution in [0.5, 0.6) is 0 Å². The maximum Gasteiger partial charge on any atom is 0.164 e. The molecule has 1 aromatic heterocycles. The third kappa shape index (κ3) is 6.91. The lowest BCUT2D eigenvalue weighted by molar-refractivity contribution is -0.0440. The lowest BCUT2D eigenvalue weighted by Crippen LogP contribution is -2.59. The van der Waals surface area contributed by atoms with Crippen LogP contribution in [0, 0.1) is 23.7 Å². The van der Waals surface area contributed by atoms with Crippen LogP contribution in [0.25, 0.3) is 99.5 Å². The van der Waals surface area contributed by atoms with E-state index >= 15 is 0 Å². The highest BCUT2D eigenvalue weighted by molar-refractivity contribution is 6.25. The van der Waals surface area contributed by atoms with E-state index in [9.17, 15) is 0 Å². The van der Waals surface area contributed by atoms with Crippen molar-refractivity contribution in [2.45, 2.75) is 42.9 Å². The second-order valence-electron chi connectivity index (χ2n) is 23.8. The maximum absolute atomic E-state index is 5.44. The monoisotopic (exact) mass is 1040 g/mol. The summed E-state index contributed by atoms with van der Waals surface area (Å²) in [5.74, 6) is 4.80. The fourth-order valence-corrected chi connectivity index (χ4v) is 16.8. The largest absolute Gasteiger partial charge is 0.208 e. The molecule has 1 heterocycles. The van der Waals surface area contributed by atoms with Gasteiger partial charge in [0.1, 0.15) is 0 Å². The van der Waals surface area contributed by atoms with E-state index in [0.717, 1.165) is 45.0 Å². The predicted molar refractivity (Wildman–Crippen MR) is 333 cm³/mol. The van der Waals surface area contributed by atoms with Gasteiger partial charge in [-0.05, 0) is 179 Å². The maximum atomic E-state index is 5.44. The lowest BCUT2D eigenvalue weighted by atomic mass is 9.38.